The molecule has 27 heavy (non-hydrogen) atoms. The number of amides is 1. The lowest BCUT2D eigenvalue weighted by molar-refractivity contribution is -0.120. The smallest absolute Gasteiger partial charge is 0.224 e. The van der Waals surface area contributed by atoms with Gasteiger partial charge in [0.2, 0.25) is 5.91 Å². The lowest BCUT2D eigenvalue weighted by atomic mass is 9.99. The highest BCUT2D eigenvalue weighted by atomic mass is 35.5. The average Bonchev–Trinajstić information content (AvgIpc) is 2.67. The Hall–Kier alpha value is -1.75. The summed E-state index contributed by atoms with van der Waals surface area (Å²) < 4.78 is 5.83. The predicted molar refractivity (Wildman–Crippen MR) is 112 cm³/mol. The van der Waals surface area contributed by atoms with Crippen LogP contribution in [0.15, 0.2) is 48.5 Å². The van der Waals surface area contributed by atoms with Crippen LogP contribution in [0.25, 0.3) is 0 Å². The van der Waals surface area contributed by atoms with Gasteiger partial charge in [-0.05, 0) is 67.2 Å². The Labute approximate surface area is 172 Å². The third-order valence-electron chi connectivity index (χ3n) is 4.57. The zero-order valence-corrected chi connectivity index (χ0v) is 16.8. The number of ether oxygens (including phenoxy) is 1. The summed E-state index contributed by atoms with van der Waals surface area (Å²) >= 11 is 5.89. The van der Waals surface area contributed by atoms with Crippen LogP contribution >= 0.6 is 24.0 Å². The van der Waals surface area contributed by atoms with Gasteiger partial charge in [-0.1, -0.05) is 35.9 Å². The molecule has 1 amide bonds. The van der Waals surface area contributed by atoms with Crippen molar-refractivity contribution in [1.82, 2.24) is 10.6 Å². The quantitative estimate of drug-likeness (QED) is 0.727. The van der Waals surface area contributed by atoms with Crippen molar-refractivity contribution < 1.29 is 9.53 Å². The number of carbonyl (C=O) groups excluding carboxylic acids is 1. The minimum Gasteiger partial charge on any atom is -0.489 e. The second kappa shape index (κ2) is 11.2. The molecule has 6 heteroatoms. The fourth-order valence-corrected chi connectivity index (χ4v) is 3.22. The van der Waals surface area contributed by atoms with Gasteiger partial charge in [-0.15, -0.1) is 12.4 Å². The van der Waals surface area contributed by atoms with E-state index >= 15 is 0 Å². The van der Waals surface area contributed by atoms with E-state index in [0.717, 1.165) is 36.5 Å². The number of benzene rings is 2. The number of hydrogen-bond donors (Lipinski definition) is 2. The zero-order valence-electron chi connectivity index (χ0n) is 15.2. The number of halogens is 2. The van der Waals surface area contributed by atoms with Crippen LogP contribution < -0.4 is 15.4 Å². The summed E-state index contributed by atoms with van der Waals surface area (Å²) in [4.78, 5) is 12.2. The first-order valence-electron chi connectivity index (χ1n) is 9.12. The number of nitrogens with one attached hydrogen (secondary N) is 2. The maximum Gasteiger partial charge on any atom is 0.224 e. The van der Waals surface area contributed by atoms with Gasteiger partial charge in [0, 0.05) is 11.6 Å². The molecule has 0 saturated carbocycles. The van der Waals surface area contributed by atoms with Crippen molar-refractivity contribution in [3.63, 3.8) is 0 Å². The second-order valence-electron chi connectivity index (χ2n) is 6.76. The molecule has 1 unspecified atom stereocenters. The topological polar surface area (TPSA) is 50.4 Å². The number of piperidine rings is 1. The highest BCUT2D eigenvalue weighted by molar-refractivity contribution is 6.30. The summed E-state index contributed by atoms with van der Waals surface area (Å²) in [6, 6.07) is 15.3. The maximum absolute atomic E-state index is 12.2. The molecule has 1 heterocycles. The van der Waals surface area contributed by atoms with Crippen molar-refractivity contribution in [1.29, 1.82) is 0 Å². The van der Waals surface area contributed by atoms with Gasteiger partial charge >= 0.3 is 0 Å². The monoisotopic (exact) mass is 408 g/mol. The van der Waals surface area contributed by atoms with E-state index in [9.17, 15) is 4.79 Å². The predicted octanol–water partition coefficient (Wildman–Crippen LogP) is 4.00. The van der Waals surface area contributed by atoms with Crippen molar-refractivity contribution in [3.05, 3.63) is 64.7 Å². The van der Waals surface area contributed by atoms with Crippen LogP contribution in [0.3, 0.4) is 0 Å². The third kappa shape index (κ3) is 7.41. The van der Waals surface area contributed by atoms with Crippen molar-refractivity contribution in [2.45, 2.75) is 25.9 Å². The summed E-state index contributed by atoms with van der Waals surface area (Å²) in [6.07, 6.45) is 2.74. The summed E-state index contributed by atoms with van der Waals surface area (Å²) in [6.45, 7) is 3.31. The number of hydrogen-bond acceptors (Lipinski definition) is 3. The molecule has 2 aromatic carbocycles. The van der Waals surface area contributed by atoms with Crippen LogP contribution in [0.4, 0.5) is 0 Å². The van der Waals surface area contributed by atoms with Gasteiger partial charge in [0.05, 0.1) is 6.42 Å². The normalized spacial score (nSPS) is 16.3. The zero-order chi connectivity index (χ0) is 18.2. The molecular weight excluding hydrogens is 383 g/mol. The number of carbonyl (C=O) groups is 1. The van der Waals surface area contributed by atoms with Crippen LogP contribution in [0.1, 0.15) is 24.0 Å². The number of rotatable bonds is 7. The van der Waals surface area contributed by atoms with Gasteiger partial charge in [0.25, 0.3) is 0 Å². The summed E-state index contributed by atoms with van der Waals surface area (Å²) in [5, 5.41) is 7.14. The van der Waals surface area contributed by atoms with Crippen LogP contribution in [-0.2, 0) is 17.8 Å². The minimum absolute atomic E-state index is 0. The minimum atomic E-state index is 0. The second-order valence-corrected chi connectivity index (χ2v) is 7.19. The molecule has 0 aromatic heterocycles. The molecule has 0 spiro atoms. The highest BCUT2D eigenvalue weighted by Gasteiger charge is 2.14. The van der Waals surface area contributed by atoms with Crippen LogP contribution in [0.5, 0.6) is 5.75 Å². The standard InChI is InChI=1S/C21H25ClN2O2.ClH/c22-19-8-6-16(7-9-19)15-26-20-5-1-3-17(11-20)12-21(25)24-14-18-4-2-10-23-13-18;/h1,3,5-9,11,18,23H,2,4,10,12-15H2,(H,24,25);1H. The molecule has 1 atom stereocenters. The van der Waals surface area contributed by atoms with Gasteiger partial charge in [0.15, 0.2) is 0 Å². The molecule has 0 bridgehead atoms. The van der Waals surface area contributed by atoms with E-state index < -0.39 is 0 Å². The first kappa shape index (κ1) is 21.5. The van der Waals surface area contributed by atoms with Crippen molar-refractivity contribution >= 4 is 29.9 Å². The van der Waals surface area contributed by atoms with E-state index in [4.69, 9.17) is 16.3 Å². The molecule has 2 aromatic rings. The molecule has 1 saturated heterocycles. The third-order valence-corrected chi connectivity index (χ3v) is 4.82. The lowest BCUT2D eigenvalue weighted by Gasteiger charge is -2.22. The molecule has 146 valence electrons. The fraction of sp³-hybridized carbons (Fsp3) is 0.381. The first-order chi connectivity index (χ1) is 12.7. The Morgan fingerprint density at radius 3 is 2.74 bits per heavy atom. The summed E-state index contributed by atoms with van der Waals surface area (Å²) in [7, 11) is 0. The average molecular weight is 409 g/mol. The molecule has 2 N–H and O–H groups in total. The van der Waals surface area contributed by atoms with Crippen LogP contribution in [-0.4, -0.2) is 25.5 Å². The van der Waals surface area contributed by atoms with Crippen molar-refractivity contribution in [2.24, 2.45) is 5.92 Å². The Morgan fingerprint density at radius 1 is 1.19 bits per heavy atom. The van der Waals surface area contributed by atoms with Gasteiger partial charge < -0.3 is 15.4 Å². The Morgan fingerprint density at radius 2 is 2.00 bits per heavy atom. The molecular formula is C21H26Cl2N2O2. The molecule has 0 radical (unpaired) electrons. The van der Waals surface area contributed by atoms with Gasteiger partial charge in [0.1, 0.15) is 12.4 Å². The van der Waals surface area contributed by atoms with Gasteiger partial charge in [-0.3, -0.25) is 4.79 Å². The van der Waals surface area contributed by atoms with Crippen LogP contribution in [0, 0.1) is 5.92 Å². The van der Waals surface area contributed by atoms with E-state index in [1.54, 1.807) is 0 Å². The maximum atomic E-state index is 12.2. The van der Waals surface area contributed by atoms with Crippen molar-refractivity contribution in [2.75, 3.05) is 19.6 Å². The Balaban J connectivity index is 0.00000261. The van der Waals surface area contributed by atoms with E-state index in [1.165, 1.54) is 12.8 Å². The van der Waals surface area contributed by atoms with E-state index in [-0.39, 0.29) is 18.3 Å². The highest BCUT2D eigenvalue weighted by Crippen LogP contribution is 2.17. The molecule has 3 rings (SSSR count). The van der Waals surface area contributed by atoms with E-state index in [0.29, 0.717) is 24.0 Å². The Bertz CT molecular complexity index is 716. The molecule has 1 aliphatic heterocycles. The summed E-state index contributed by atoms with van der Waals surface area (Å²) in [5.41, 5.74) is 2.01. The SMILES string of the molecule is Cl.O=C(Cc1cccc(OCc2ccc(Cl)cc2)c1)NCC1CCCNC1. The summed E-state index contributed by atoms with van der Waals surface area (Å²) in [5.74, 6) is 1.37. The Kier molecular flexibility index (Phi) is 8.92. The van der Waals surface area contributed by atoms with Crippen molar-refractivity contribution in [3.8, 4) is 5.75 Å². The van der Waals surface area contributed by atoms with E-state index in [1.807, 2.05) is 48.5 Å². The molecule has 0 aliphatic carbocycles. The van der Waals surface area contributed by atoms with Gasteiger partial charge in [-0.25, -0.2) is 0 Å². The molecule has 1 fully saturated rings. The fourth-order valence-electron chi connectivity index (χ4n) is 3.10. The molecule has 4 nitrogen and oxygen atoms in total. The lowest BCUT2D eigenvalue weighted by Crippen LogP contribution is -2.38. The van der Waals surface area contributed by atoms with Crippen LogP contribution in [0.2, 0.25) is 5.02 Å². The molecule has 1 aliphatic rings. The van der Waals surface area contributed by atoms with E-state index in [2.05, 4.69) is 10.6 Å². The first-order valence-corrected chi connectivity index (χ1v) is 9.50. The largest absolute Gasteiger partial charge is 0.489 e. The van der Waals surface area contributed by atoms with Gasteiger partial charge in [-0.2, -0.15) is 0 Å².